The number of nitriles is 1. The lowest BCUT2D eigenvalue weighted by Crippen LogP contribution is -2.39. The Morgan fingerprint density at radius 1 is 1.25 bits per heavy atom. The molecule has 2 heterocycles. The van der Waals surface area contributed by atoms with E-state index in [1.165, 1.54) is 0 Å². The van der Waals surface area contributed by atoms with Crippen molar-refractivity contribution >= 4 is 40.2 Å². The summed E-state index contributed by atoms with van der Waals surface area (Å²) in [6, 6.07) is 16.3. The van der Waals surface area contributed by atoms with Crippen molar-refractivity contribution in [1.82, 2.24) is 4.90 Å². The minimum atomic E-state index is -0.543. The van der Waals surface area contributed by atoms with Gasteiger partial charge in [0.15, 0.2) is 5.17 Å². The fourth-order valence-corrected chi connectivity index (χ4v) is 5.52. The third-order valence-electron chi connectivity index (χ3n) is 6.09. The number of anilines is 1. The molecule has 2 aromatic rings. The Morgan fingerprint density at radius 2 is 2.00 bits per heavy atom. The highest BCUT2D eigenvalue weighted by atomic mass is 35.5. The molecule has 2 aliphatic heterocycles. The highest BCUT2D eigenvalue weighted by Gasteiger charge is 2.35. The summed E-state index contributed by atoms with van der Waals surface area (Å²) >= 11 is 7.99. The molecule has 4 rings (SSSR count). The smallest absolute Gasteiger partial charge is 0.338 e. The van der Waals surface area contributed by atoms with E-state index in [0.29, 0.717) is 16.2 Å². The first kappa shape index (κ1) is 26.2. The van der Waals surface area contributed by atoms with Gasteiger partial charge in [-0.3, -0.25) is 9.80 Å². The molecule has 1 fully saturated rings. The van der Waals surface area contributed by atoms with E-state index in [9.17, 15) is 10.1 Å². The third kappa shape index (κ3) is 6.11. The van der Waals surface area contributed by atoms with Crippen LogP contribution in [0.4, 0.5) is 5.69 Å². The van der Waals surface area contributed by atoms with Crippen LogP contribution >= 0.6 is 23.4 Å². The molecule has 0 bridgehead atoms. The molecule has 0 saturated carbocycles. The summed E-state index contributed by atoms with van der Waals surface area (Å²) in [5.74, 6) is 0.426. The Labute approximate surface area is 221 Å². The average molecular weight is 525 g/mol. The number of hydrogen-bond acceptors (Lipinski definition) is 8. The van der Waals surface area contributed by atoms with Crippen LogP contribution in [0.5, 0.6) is 0 Å². The number of carbonyl (C=O) groups excluding carboxylic acids is 1. The Bertz CT molecular complexity index is 1190. The normalized spacial score (nSPS) is 18.6. The lowest BCUT2D eigenvalue weighted by atomic mass is 9.95. The number of aliphatic imine (C=N–C) groups is 1. The molecule has 1 unspecified atom stereocenters. The zero-order valence-electron chi connectivity index (χ0n) is 20.4. The molecular weight excluding hydrogens is 496 g/mol. The number of hydrogen-bond donors (Lipinski definition) is 0. The molecule has 2 aliphatic rings. The van der Waals surface area contributed by atoms with Crippen molar-refractivity contribution < 1.29 is 14.3 Å². The van der Waals surface area contributed by atoms with Crippen LogP contribution in [-0.4, -0.2) is 61.2 Å². The Hall–Kier alpha value is -2.83. The molecule has 1 atom stereocenters. The van der Waals surface area contributed by atoms with E-state index in [0.717, 1.165) is 60.7 Å². The molecule has 2 aromatic carbocycles. The van der Waals surface area contributed by atoms with Gasteiger partial charge >= 0.3 is 5.97 Å². The van der Waals surface area contributed by atoms with Gasteiger partial charge in [0.2, 0.25) is 0 Å². The molecule has 0 aliphatic carbocycles. The quantitative estimate of drug-likeness (QED) is 0.470. The van der Waals surface area contributed by atoms with E-state index in [-0.39, 0.29) is 6.61 Å². The topological polar surface area (TPSA) is 78.2 Å². The maximum atomic E-state index is 13.2. The van der Waals surface area contributed by atoms with E-state index in [4.69, 9.17) is 26.1 Å². The highest BCUT2D eigenvalue weighted by molar-refractivity contribution is 8.14. The summed E-state index contributed by atoms with van der Waals surface area (Å²) in [4.78, 5) is 22.7. The number of benzene rings is 2. The fraction of sp³-hybridized carbons (Fsp3) is 0.370. The number of esters is 1. The molecule has 7 nitrogen and oxygen atoms in total. The summed E-state index contributed by atoms with van der Waals surface area (Å²) in [6.07, 6.45) is 0. The molecule has 36 heavy (non-hydrogen) atoms. The van der Waals surface area contributed by atoms with Crippen molar-refractivity contribution in [3.8, 4) is 6.07 Å². The molecule has 0 N–H and O–H groups in total. The number of carbonyl (C=O) groups is 1. The maximum absolute atomic E-state index is 13.2. The number of amidine groups is 1. The number of ether oxygens (including phenoxy) is 2. The maximum Gasteiger partial charge on any atom is 0.338 e. The van der Waals surface area contributed by atoms with E-state index in [1.54, 1.807) is 30.8 Å². The molecule has 0 amide bonds. The molecule has 0 aromatic heterocycles. The SMILES string of the molecule is CCOC(=O)C1=C(C)N(c2cccc(Cl)c2)C(SCCN2CCOCC2)=NC1c1ccc(C#N)cc1. The largest absolute Gasteiger partial charge is 0.463 e. The van der Waals surface area contributed by atoms with Gasteiger partial charge in [-0.1, -0.05) is 41.6 Å². The molecule has 0 radical (unpaired) electrons. The number of rotatable bonds is 7. The van der Waals surface area contributed by atoms with Crippen molar-refractivity contribution in [2.45, 2.75) is 19.9 Å². The first-order chi connectivity index (χ1) is 17.5. The van der Waals surface area contributed by atoms with Crippen LogP contribution < -0.4 is 4.90 Å². The van der Waals surface area contributed by atoms with E-state index in [1.807, 2.05) is 48.2 Å². The molecule has 188 valence electrons. The molecular formula is C27H29ClN4O3S. The second-order valence-corrected chi connectivity index (χ2v) is 9.88. The summed E-state index contributed by atoms with van der Waals surface area (Å²) in [7, 11) is 0. The zero-order chi connectivity index (χ0) is 25.5. The van der Waals surface area contributed by atoms with Crippen LogP contribution in [0.25, 0.3) is 0 Å². The third-order valence-corrected chi connectivity index (χ3v) is 7.26. The zero-order valence-corrected chi connectivity index (χ0v) is 22.0. The molecule has 1 saturated heterocycles. The molecule has 9 heteroatoms. The second kappa shape index (κ2) is 12.4. The standard InChI is InChI=1S/C27H29ClN4O3S/c1-3-35-26(33)24-19(2)32(23-6-4-5-22(28)17-23)27(36-16-13-31-11-14-34-15-12-31)30-25(24)21-9-7-20(18-29)8-10-21/h4-10,17,25H,3,11-16H2,1-2H3. The second-order valence-electron chi connectivity index (χ2n) is 8.39. The van der Waals surface area contributed by atoms with Crippen molar-refractivity contribution in [3.05, 3.63) is 76.0 Å². The predicted molar refractivity (Wildman–Crippen MR) is 144 cm³/mol. The van der Waals surface area contributed by atoms with Crippen LogP contribution in [0.15, 0.2) is 64.8 Å². The predicted octanol–water partition coefficient (Wildman–Crippen LogP) is 5.03. The van der Waals surface area contributed by atoms with Crippen molar-refractivity contribution in [2.75, 3.05) is 50.1 Å². The summed E-state index contributed by atoms with van der Waals surface area (Å²) in [5.41, 5.74) is 3.43. The van der Waals surface area contributed by atoms with Gasteiger partial charge in [-0.2, -0.15) is 5.26 Å². The van der Waals surface area contributed by atoms with Gasteiger partial charge in [0, 0.05) is 41.8 Å². The first-order valence-electron chi connectivity index (χ1n) is 12.0. The van der Waals surface area contributed by atoms with Gasteiger partial charge < -0.3 is 9.47 Å². The number of halogens is 1. The van der Waals surface area contributed by atoms with E-state index in [2.05, 4.69) is 11.0 Å². The molecule has 0 spiro atoms. The Balaban J connectivity index is 1.73. The van der Waals surface area contributed by atoms with Gasteiger partial charge in [0.25, 0.3) is 0 Å². The van der Waals surface area contributed by atoms with Crippen LogP contribution in [0, 0.1) is 11.3 Å². The number of allylic oxidation sites excluding steroid dienone is 1. The van der Waals surface area contributed by atoms with Crippen LogP contribution in [-0.2, 0) is 14.3 Å². The van der Waals surface area contributed by atoms with Crippen molar-refractivity contribution in [2.24, 2.45) is 4.99 Å². The number of nitrogens with zero attached hydrogens (tertiary/aromatic N) is 4. The Kier molecular flexibility index (Phi) is 9.05. The minimum Gasteiger partial charge on any atom is -0.463 e. The van der Waals surface area contributed by atoms with Gasteiger partial charge in [-0.25, -0.2) is 9.79 Å². The first-order valence-corrected chi connectivity index (χ1v) is 13.3. The van der Waals surface area contributed by atoms with Gasteiger partial charge in [0.05, 0.1) is 37.0 Å². The average Bonchev–Trinajstić information content (AvgIpc) is 2.89. The van der Waals surface area contributed by atoms with Crippen LogP contribution in [0.2, 0.25) is 5.02 Å². The lowest BCUT2D eigenvalue weighted by molar-refractivity contribution is -0.138. The van der Waals surface area contributed by atoms with Gasteiger partial charge in [-0.15, -0.1) is 0 Å². The Morgan fingerprint density at radius 3 is 2.67 bits per heavy atom. The summed E-state index contributed by atoms with van der Waals surface area (Å²) in [6.45, 7) is 8.23. The summed E-state index contributed by atoms with van der Waals surface area (Å²) < 4.78 is 10.9. The van der Waals surface area contributed by atoms with E-state index < -0.39 is 12.0 Å². The summed E-state index contributed by atoms with van der Waals surface area (Å²) in [5, 5.41) is 10.6. The van der Waals surface area contributed by atoms with Crippen LogP contribution in [0.3, 0.4) is 0 Å². The number of thioether (sulfide) groups is 1. The van der Waals surface area contributed by atoms with Crippen molar-refractivity contribution in [3.63, 3.8) is 0 Å². The minimum absolute atomic E-state index is 0.262. The highest BCUT2D eigenvalue weighted by Crippen LogP contribution is 2.39. The van der Waals surface area contributed by atoms with Gasteiger partial charge in [0.1, 0.15) is 6.04 Å². The fourth-order valence-electron chi connectivity index (χ4n) is 4.26. The van der Waals surface area contributed by atoms with Gasteiger partial charge in [-0.05, 0) is 49.7 Å². The lowest BCUT2D eigenvalue weighted by Gasteiger charge is -2.35. The van der Waals surface area contributed by atoms with Crippen LogP contribution in [0.1, 0.15) is 31.0 Å². The monoisotopic (exact) mass is 524 g/mol. The number of morpholine rings is 1. The van der Waals surface area contributed by atoms with Crippen molar-refractivity contribution in [1.29, 1.82) is 5.26 Å². The van der Waals surface area contributed by atoms with E-state index >= 15 is 0 Å².